The Balaban J connectivity index is 2.32. The molecule has 0 saturated heterocycles. The number of carbonyl (C=O) groups is 1. The molecular formula is C13H22N2O2. The van der Waals surface area contributed by atoms with Crippen molar-refractivity contribution in [3.8, 4) is 0 Å². The average Bonchev–Trinajstić information content (AvgIpc) is 2.85. The quantitative estimate of drug-likeness (QED) is 0.735. The number of methoxy groups -OCH3 is 1. The second-order valence-electron chi connectivity index (χ2n) is 4.34. The number of aromatic amines is 1. The number of hydrogen-bond acceptors (Lipinski definition) is 3. The predicted molar refractivity (Wildman–Crippen MR) is 67.8 cm³/mol. The zero-order valence-corrected chi connectivity index (χ0v) is 10.9. The molecule has 0 radical (unpaired) electrons. The van der Waals surface area contributed by atoms with Gasteiger partial charge in [0.15, 0.2) is 0 Å². The van der Waals surface area contributed by atoms with Crippen molar-refractivity contribution < 1.29 is 9.53 Å². The van der Waals surface area contributed by atoms with Crippen LogP contribution in [0, 0.1) is 5.92 Å². The third kappa shape index (κ3) is 4.61. The fourth-order valence-corrected chi connectivity index (χ4v) is 1.84. The van der Waals surface area contributed by atoms with Gasteiger partial charge in [0.2, 0.25) is 0 Å². The van der Waals surface area contributed by atoms with E-state index in [1.807, 2.05) is 26.2 Å². The lowest BCUT2D eigenvalue weighted by atomic mass is 10.1. The molecule has 1 rings (SSSR count). The molecule has 0 spiro atoms. The van der Waals surface area contributed by atoms with Crippen LogP contribution in [0.25, 0.3) is 0 Å². The van der Waals surface area contributed by atoms with Crippen molar-refractivity contribution in [1.29, 1.82) is 0 Å². The SMILES string of the molecule is CCC(CN(C)CCc1ccc[nH]1)C(=O)OC. The standard InChI is InChI=1S/C13H22N2O2/c1-4-11(13(16)17-3)10-15(2)9-7-12-6-5-8-14-12/h5-6,8,11,14H,4,7,9-10H2,1-3H3. The minimum Gasteiger partial charge on any atom is -0.469 e. The summed E-state index contributed by atoms with van der Waals surface area (Å²) in [5, 5.41) is 0. The summed E-state index contributed by atoms with van der Waals surface area (Å²) < 4.78 is 4.78. The van der Waals surface area contributed by atoms with Crippen molar-refractivity contribution in [2.24, 2.45) is 5.92 Å². The zero-order valence-electron chi connectivity index (χ0n) is 10.9. The minimum absolute atomic E-state index is 0.0198. The van der Waals surface area contributed by atoms with Crippen LogP contribution < -0.4 is 0 Å². The molecule has 0 fully saturated rings. The van der Waals surface area contributed by atoms with Gasteiger partial charge in [0.25, 0.3) is 0 Å². The first kappa shape index (κ1) is 13.8. The van der Waals surface area contributed by atoms with Gasteiger partial charge < -0.3 is 14.6 Å². The van der Waals surface area contributed by atoms with E-state index in [2.05, 4.69) is 16.0 Å². The molecule has 0 saturated carbocycles. The summed E-state index contributed by atoms with van der Waals surface area (Å²) in [6, 6.07) is 4.07. The maximum absolute atomic E-state index is 11.5. The monoisotopic (exact) mass is 238 g/mol. The maximum atomic E-state index is 11.5. The van der Waals surface area contributed by atoms with Gasteiger partial charge in [-0.15, -0.1) is 0 Å². The summed E-state index contributed by atoms with van der Waals surface area (Å²) in [5.74, 6) is -0.132. The second-order valence-corrected chi connectivity index (χ2v) is 4.34. The Hall–Kier alpha value is -1.29. The summed E-state index contributed by atoms with van der Waals surface area (Å²) >= 11 is 0. The number of ether oxygens (including phenoxy) is 1. The molecule has 4 nitrogen and oxygen atoms in total. The summed E-state index contributed by atoms with van der Waals surface area (Å²) in [7, 11) is 3.48. The number of nitrogens with one attached hydrogen (secondary N) is 1. The van der Waals surface area contributed by atoms with Crippen LogP contribution >= 0.6 is 0 Å². The third-order valence-corrected chi connectivity index (χ3v) is 2.98. The van der Waals surface area contributed by atoms with Crippen LogP contribution in [0.3, 0.4) is 0 Å². The minimum atomic E-state index is -0.112. The summed E-state index contributed by atoms with van der Waals surface area (Å²) in [5.41, 5.74) is 1.22. The molecule has 17 heavy (non-hydrogen) atoms. The normalized spacial score (nSPS) is 12.7. The summed E-state index contributed by atoms with van der Waals surface area (Å²) in [4.78, 5) is 16.8. The Morgan fingerprint density at radius 2 is 2.35 bits per heavy atom. The molecule has 1 heterocycles. The van der Waals surface area contributed by atoms with Crippen LogP contribution in [0.2, 0.25) is 0 Å². The highest BCUT2D eigenvalue weighted by molar-refractivity contribution is 5.72. The molecular weight excluding hydrogens is 216 g/mol. The molecule has 0 bridgehead atoms. The van der Waals surface area contributed by atoms with Gasteiger partial charge in [0.05, 0.1) is 13.0 Å². The zero-order chi connectivity index (χ0) is 12.7. The lowest BCUT2D eigenvalue weighted by molar-refractivity contribution is -0.146. The van der Waals surface area contributed by atoms with E-state index < -0.39 is 0 Å². The number of carbonyl (C=O) groups excluding carboxylic acids is 1. The van der Waals surface area contributed by atoms with E-state index in [0.29, 0.717) is 0 Å². The highest BCUT2D eigenvalue weighted by Crippen LogP contribution is 2.07. The molecule has 1 atom stereocenters. The van der Waals surface area contributed by atoms with Gasteiger partial charge in [-0.3, -0.25) is 4.79 Å². The van der Waals surface area contributed by atoms with Gasteiger partial charge in [-0.2, -0.15) is 0 Å². The van der Waals surface area contributed by atoms with Crippen molar-refractivity contribution in [3.63, 3.8) is 0 Å². The van der Waals surface area contributed by atoms with Crippen LogP contribution in [0.4, 0.5) is 0 Å². The third-order valence-electron chi connectivity index (χ3n) is 2.98. The highest BCUT2D eigenvalue weighted by atomic mass is 16.5. The number of hydrogen-bond donors (Lipinski definition) is 1. The van der Waals surface area contributed by atoms with E-state index in [1.165, 1.54) is 12.8 Å². The molecule has 96 valence electrons. The highest BCUT2D eigenvalue weighted by Gasteiger charge is 2.18. The number of H-pyrrole nitrogens is 1. The Labute approximate surface area is 103 Å². The van der Waals surface area contributed by atoms with Crippen molar-refractivity contribution in [3.05, 3.63) is 24.0 Å². The molecule has 0 aliphatic rings. The molecule has 4 heteroatoms. The number of nitrogens with zero attached hydrogens (tertiary/aromatic N) is 1. The Morgan fingerprint density at radius 3 is 2.88 bits per heavy atom. The van der Waals surface area contributed by atoms with Gasteiger partial charge in [-0.25, -0.2) is 0 Å². The number of aromatic nitrogens is 1. The molecule has 0 aliphatic carbocycles. The first-order valence-electron chi connectivity index (χ1n) is 6.06. The van der Waals surface area contributed by atoms with E-state index in [0.717, 1.165) is 25.9 Å². The molecule has 0 aromatic carbocycles. The Morgan fingerprint density at radius 1 is 1.59 bits per heavy atom. The fraction of sp³-hybridized carbons (Fsp3) is 0.615. The maximum Gasteiger partial charge on any atom is 0.309 e. The molecule has 1 aromatic rings. The first-order valence-corrected chi connectivity index (χ1v) is 6.06. The van der Waals surface area contributed by atoms with Gasteiger partial charge in [0, 0.05) is 31.4 Å². The topological polar surface area (TPSA) is 45.3 Å². The Bertz CT molecular complexity index is 322. The molecule has 0 aliphatic heterocycles. The van der Waals surface area contributed by atoms with Crippen molar-refractivity contribution >= 4 is 5.97 Å². The van der Waals surface area contributed by atoms with E-state index in [9.17, 15) is 4.79 Å². The van der Waals surface area contributed by atoms with E-state index in [1.54, 1.807) is 0 Å². The molecule has 0 amide bonds. The van der Waals surface area contributed by atoms with Crippen LogP contribution in [-0.2, 0) is 16.0 Å². The van der Waals surface area contributed by atoms with Gasteiger partial charge in [-0.05, 0) is 25.6 Å². The first-order chi connectivity index (χ1) is 8.17. The lowest BCUT2D eigenvalue weighted by Crippen LogP contribution is -2.32. The summed E-state index contributed by atoms with van der Waals surface area (Å²) in [6.07, 6.45) is 3.72. The van der Waals surface area contributed by atoms with Crippen molar-refractivity contribution in [1.82, 2.24) is 9.88 Å². The molecule has 1 unspecified atom stereocenters. The Kier molecular flexibility index (Phi) is 5.77. The van der Waals surface area contributed by atoms with Gasteiger partial charge in [-0.1, -0.05) is 6.92 Å². The van der Waals surface area contributed by atoms with Crippen LogP contribution in [0.1, 0.15) is 19.0 Å². The lowest BCUT2D eigenvalue weighted by Gasteiger charge is -2.21. The van der Waals surface area contributed by atoms with Crippen molar-refractivity contribution in [2.75, 3.05) is 27.2 Å². The molecule has 1 N–H and O–H groups in total. The van der Waals surface area contributed by atoms with Gasteiger partial charge in [0.1, 0.15) is 0 Å². The number of esters is 1. The van der Waals surface area contributed by atoms with E-state index in [-0.39, 0.29) is 11.9 Å². The number of rotatable bonds is 7. The summed E-state index contributed by atoms with van der Waals surface area (Å²) in [6.45, 7) is 3.71. The number of likely N-dealkylation sites (N-methyl/N-ethyl adjacent to an activating group) is 1. The van der Waals surface area contributed by atoms with E-state index in [4.69, 9.17) is 4.74 Å². The largest absolute Gasteiger partial charge is 0.469 e. The predicted octanol–water partition coefficient (Wildman–Crippen LogP) is 1.69. The van der Waals surface area contributed by atoms with Crippen molar-refractivity contribution in [2.45, 2.75) is 19.8 Å². The van der Waals surface area contributed by atoms with Crippen LogP contribution in [0.15, 0.2) is 18.3 Å². The van der Waals surface area contributed by atoms with Crippen LogP contribution in [0.5, 0.6) is 0 Å². The van der Waals surface area contributed by atoms with E-state index >= 15 is 0 Å². The average molecular weight is 238 g/mol. The molecule has 1 aromatic heterocycles. The van der Waals surface area contributed by atoms with Crippen LogP contribution in [-0.4, -0.2) is 43.1 Å². The van der Waals surface area contributed by atoms with Gasteiger partial charge >= 0.3 is 5.97 Å². The fourth-order valence-electron chi connectivity index (χ4n) is 1.84. The second kappa shape index (κ2) is 7.12. The smallest absolute Gasteiger partial charge is 0.309 e.